The molecule has 0 radical (unpaired) electrons. The molecule has 0 amide bonds. The van der Waals surface area contributed by atoms with E-state index in [9.17, 15) is 15.2 Å². The predicted molar refractivity (Wildman–Crippen MR) is 91.8 cm³/mol. The number of nitrogens with zero attached hydrogens (tertiary/aromatic N) is 1. The molecule has 0 unspecified atom stereocenters. The van der Waals surface area contributed by atoms with Gasteiger partial charge in [-0.2, -0.15) is 5.26 Å². The minimum Gasteiger partial charge on any atom is -0.395 e. The molecule has 2 N–H and O–H groups in total. The van der Waals surface area contributed by atoms with Crippen molar-refractivity contribution in [2.24, 2.45) is 0 Å². The molecular weight excluding hydrogens is 300 g/mol. The molecule has 1 aliphatic carbocycles. The number of rotatable bonds is 4. The molecule has 4 nitrogen and oxygen atoms in total. The number of nitrogens with one attached hydrogen (secondary N) is 1. The summed E-state index contributed by atoms with van der Waals surface area (Å²) < 4.78 is 0. The van der Waals surface area contributed by atoms with Crippen LogP contribution in [0.4, 0.5) is 0 Å². The summed E-state index contributed by atoms with van der Waals surface area (Å²) in [4.78, 5) is 14.2. The molecule has 0 atom stereocenters. The van der Waals surface area contributed by atoms with Crippen LogP contribution in [0.2, 0.25) is 0 Å². The number of H-pyrrole nitrogens is 1. The van der Waals surface area contributed by atoms with Crippen LogP contribution >= 0.6 is 0 Å². The summed E-state index contributed by atoms with van der Waals surface area (Å²) in [5, 5.41) is 19.8. The number of nitriles is 1. The van der Waals surface area contributed by atoms with Gasteiger partial charge in [0.15, 0.2) is 6.29 Å². The number of aldehydes is 1. The van der Waals surface area contributed by atoms with Gasteiger partial charge in [0.25, 0.3) is 0 Å². The van der Waals surface area contributed by atoms with Crippen LogP contribution in [0.25, 0.3) is 22.0 Å². The third kappa shape index (κ3) is 2.14. The highest BCUT2D eigenvalue weighted by Crippen LogP contribution is 2.48. The molecule has 1 fully saturated rings. The second kappa shape index (κ2) is 5.33. The number of carbonyl (C=O) groups excluding carboxylic acids is 1. The molecule has 2 aromatic carbocycles. The first-order chi connectivity index (χ1) is 11.7. The van der Waals surface area contributed by atoms with Gasteiger partial charge in [-0.05, 0) is 36.1 Å². The molecule has 24 heavy (non-hydrogen) atoms. The molecule has 3 aromatic rings. The molecule has 4 heteroatoms. The van der Waals surface area contributed by atoms with Crippen molar-refractivity contribution in [2.75, 3.05) is 6.61 Å². The van der Waals surface area contributed by atoms with Crippen molar-refractivity contribution in [1.82, 2.24) is 4.98 Å². The Morgan fingerprint density at radius 1 is 1.25 bits per heavy atom. The quantitative estimate of drug-likeness (QED) is 0.723. The Morgan fingerprint density at radius 3 is 2.58 bits per heavy atom. The molecule has 1 saturated carbocycles. The van der Waals surface area contributed by atoms with Crippen molar-refractivity contribution in [1.29, 1.82) is 5.26 Å². The molecule has 0 aliphatic heterocycles. The zero-order valence-corrected chi connectivity index (χ0v) is 13.0. The smallest absolute Gasteiger partial charge is 0.152 e. The Kier molecular flexibility index (Phi) is 3.26. The van der Waals surface area contributed by atoms with Crippen molar-refractivity contribution in [3.8, 4) is 17.2 Å². The topological polar surface area (TPSA) is 76.9 Å². The lowest BCUT2D eigenvalue weighted by Gasteiger charge is -2.13. The fourth-order valence-electron chi connectivity index (χ4n) is 3.31. The monoisotopic (exact) mass is 316 g/mol. The highest BCUT2D eigenvalue weighted by molar-refractivity contribution is 6.00. The van der Waals surface area contributed by atoms with Gasteiger partial charge in [0.05, 0.1) is 18.2 Å². The maximum Gasteiger partial charge on any atom is 0.152 e. The van der Waals surface area contributed by atoms with E-state index in [2.05, 4.69) is 11.1 Å². The summed E-state index contributed by atoms with van der Waals surface area (Å²) in [5.74, 6) is 0. The van der Waals surface area contributed by atoms with Gasteiger partial charge < -0.3 is 10.1 Å². The Morgan fingerprint density at radius 2 is 2.00 bits per heavy atom. The molecule has 1 aliphatic rings. The van der Waals surface area contributed by atoms with Gasteiger partial charge in [-0.1, -0.05) is 24.3 Å². The molecule has 0 bridgehead atoms. The van der Waals surface area contributed by atoms with Crippen LogP contribution in [0.15, 0.2) is 42.6 Å². The maximum absolute atomic E-state index is 11.2. The first-order valence-electron chi connectivity index (χ1n) is 7.93. The number of hydrogen-bond donors (Lipinski definition) is 2. The number of aromatic nitrogens is 1. The highest BCUT2D eigenvalue weighted by atomic mass is 16.3. The van der Waals surface area contributed by atoms with Crippen LogP contribution in [0, 0.1) is 11.3 Å². The van der Waals surface area contributed by atoms with Gasteiger partial charge in [-0.25, -0.2) is 0 Å². The Balaban J connectivity index is 1.83. The summed E-state index contributed by atoms with van der Waals surface area (Å²) in [6, 6.07) is 13.9. The van der Waals surface area contributed by atoms with Crippen LogP contribution in [0.5, 0.6) is 0 Å². The van der Waals surface area contributed by atoms with E-state index in [1.807, 2.05) is 30.3 Å². The Bertz CT molecular complexity index is 973. The number of aliphatic hydroxyl groups excluding tert-OH is 1. The fourth-order valence-corrected chi connectivity index (χ4v) is 3.31. The molecule has 1 aromatic heterocycles. The third-order valence-electron chi connectivity index (χ3n) is 5.06. The highest BCUT2D eigenvalue weighted by Gasteiger charge is 2.43. The van der Waals surface area contributed by atoms with Crippen LogP contribution in [-0.2, 0) is 5.41 Å². The number of aliphatic hydroxyl groups is 1. The minimum atomic E-state index is -0.0636. The number of fused-ring (bicyclic) bond motifs is 1. The van der Waals surface area contributed by atoms with Gasteiger partial charge in [0.1, 0.15) is 0 Å². The summed E-state index contributed by atoms with van der Waals surface area (Å²) in [7, 11) is 0. The third-order valence-corrected chi connectivity index (χ3v) is 5.06. The average molecular weight is 316 g/mol. The molecule has 0 spiro atoms. The standard InChI is InChI=1S/C20H16N2O2/c21-9-14-7-19-18(15(11-23)10-22-19)8-17(14)13-1-3-16(4-2-13)20(12-24)5-6-20/h1-4,7-8,10-11,22,24H,5-6,12H2. The summed E-state index contributed by atoms with van der Waals surface area (Å²) in [6.45, 7) is 0.174. The second-order valence-electron chi connectivity index (χ2n) is 6.43. The van der Waals surface area contributed by atoms with E-state index >= 15 is 0 Å². The lowest BCUT2D eigenvalue weighted by Crippen LogP contribution is -2.11. The first kappa shape index (κ1) is 14.7. The van der Waals surface area contributed by atoms with E-state index in [-0.39, 0.29) is 12.0 Å². The SMILES string of the molecule is N#Cc1cc2[nH]cc(C=O)c2cc1-c1ccc(C2(CO)CC2)cc1. The maximum atomic E-state index is 11.2. The van der Waals surface area contributed by atoms with E-state index < -0.39 is 0 Å². The normalized spacial score (nSPS) is 15.2. The molecule has 4 rings (SSSR count). The van der Waals surface area contributed by atoms with Crippen LogP contribution in [0.3, 0.4) is 0 Å². The predicted octanol–water partition coefficient (Wildman–Crippen LogP) is 3.54. The zero-order valence-electron chi connectivity index (χ0n) is 13.0. The van der Waals surface area contributed by atoms with Gasteiger partial charge in [-0.15, -0.1) is 0 Å². The summed E-state index contributed by atoms with van der Waals surface area (Å²) in [6.07, 6.45) is 4.51. The first-order valence-corrected chi connectivity index (χ1v) is 7.93. The van der Waals surface area contributed by atoms with E-state index in [1.165, 1.54) is 0 Å². The van der Waals surface area contributed by atoms with Gasteiger partial charge in [0.2, 0.25) is 0 Å². The number of benzene rings is 2. The Hall–Kier alpha value is -2.90. The average Bonchev–Trinajstić information content (AvgIpc) is 3.34. The Labute approximate surface area is 139 Å². The van der Waals surface area contributed by atoms with Crippen molar-refractivity contribution in [2.45, 2.75) is 18.3 Å². The van der Waals surface area contributed by atoms with Gasteiger partial charge in [-0.3, -0.25) is 4.79 Å². The largest absolute Gasteiger partial charge is 0.395 e. The molecule has 0 saturated heterocycles. The number of carbonyl (C=O) groups is 1. The minimum absolute atomic E-state index is 0.0636. The van der Waals surface area contributed by atoms with Crippen molar-refractivity contribution >= 4 is 17.2 Å². The second-order valence-corrected chi connectivity index (χ2v) is 6.43. The number of aromatic amines is 1. The van der Waals surface area contributed by atoms with Crippen molar-refractivity contribution in [3.05, 3.63) is 59.3 Å². The fraction of sp³-hybridized carbons (Fsp3) is 0.200. The number of hydrogen-bond acceptors (Lipinski definition) is 3. The van der Waals surface area contributed by atoms with E-state index in [0.717, 1.165) is 46.7 Å². The van der Waals surface area contributed by atoms with Crippen LogP contribution in [-0.4, -0.2) is 23.0 Å². The van der Waals surface area contributed by atoms with E-state index in [4.69, 9.17) is 0 Å². The van der Waals surface area contributed by atoms with Gasteiger partial charge in [0, 0.05) is 33.6 Å². The molecular formula is C20H16N2O2. The van der Waals surface area contributed by atoms with E-state index in [0.29, 0.717) is 11.1 Å². The summed E-state index contributed by atoms with van der Waals surface area (Å²) >= 11 is 0. The van der Waals surface area contributed by atoms with Gasteiger partial charge >= 0.3 is 0 Å². The van der Waals surface area contributed by atoms with Crippen LogP contribution < -0.4 is 0 Å². The van der Waals surface area contributed by atoms with E-state index in [1.54, 1.807) is 12.3 Å². The summed E-state index contributed by atoms with van der Waals surface area (Å²) in [5.41, 5.74) is 4.76. The van der Waals surface area contributed by atoms with Crippen LogP contribution in [0.1, 0.15) is 34.3 Å². The lowest BCUT2D eigenvalue weighted by molar-refractivity contribution is 0.112. The van der Waals surface area contributed by atoms with Crippen molar-refractivity contribution in [3.63, 3.8) is 0 Å². The lowest BCUT2D eigenvalue weighted by atomic mass is 9.92. The zero-order chi connectivity index (χ0) is 16.7. The molecule has 118 valence electrons. The van der Waals surface area contributed by atoms with Crippen molar-refractivity contribution < 1.29 is 9.90 Å². The molecule has 1 heterocycles.